The summed E-state index contributed by atoms with van der Waals surface area (Å²) in [5.74, 6) is -0.895. The lowest BCUT2D eigenvalue weighted by molar-refractivity contribution is 0.0626. The van der Waals surface area contributed by atoms with E-state index in [9.17, 15) is 24.3 Å². The molecular weight excluding hydrogens is 840 g/mol. The molecule has 4 aromatic carbocycles. The fourth-order valence-electron chi connectivity index (χ4n) is 7.84. The summed E-state index contributed by atoms with van der Waals surface area (Å²) in [6, 6.07) is 25.0. The fraction of sp³-hybridized carbons (Fsp3) is 0.302. The number of rotatable bonds is 5. The van der Waals surface area contributed by atoms with Crippen LogP contribution >= 0.6 is 31.9 Å². The smallest absolute Gasteiger partial charge is 0.358 e. The minimum Gasteiger partial charge on any atom is -0.476 e. The van der Waals surface area contributed by atoms with Crippen molar-refractivity contribution in [2.45, 2.75) is 72.0 Å². The van der Waals surface area contributed by atoms with Crippen molar-refractivity contribution < 1.29 is 24.3 Å². The molecule has 3 aliphatic rings. The van der Waals surface area contributed by atoms with E-state index >= 15 is 0 Å². The van der Waals surface area contributed by atoms with Crippen LogP contribution < -0.4 is 5.32 Å². The average molecular weight is 885 g/mol. The number of nitrogens with one attached hydrogen (secondary N) is 2. The Balaban J connectivity index is 0.000000159. The first kappa shape index (κ1) is 40.5. The highest BCUT2D eigenvalue weighted by Crippen LogP contribution is 2.41. The van der Waals surface area contributed by atoms with Crippen molar-refractivity contribution in [1.29, 1.82) is 0 Å². The number of carboxylic acids is 1. The third-order valence-electron chi connectivity index (χ3n) is 10.8. The summed E-state index contributed by atoms with van der Waals surface area (Å²) < 4.78 is 2.04. The maximum absolute atomic E-state index is 12.6. The monoisotopic (exact) mass is 882 g/mol. The molecule has 0 fully saturated rings. The number of hydrogen-bond donors (Lipinski definition) is 3. The van der Waals surface area contributed by atoms with Gasteiger partial charge >= 0.3 is 5.97 Å². The van der Waals surface area contributed by atoms with Gasteiger partial charge in [-0.15, -0.1) is 5.10 Å². The number of carbonyl (C=O) groups excluding carboxylic acids is 3. The van der Waals surface area contributed by atoms with Crippen molar-refractivity contribution in [3.63, 3.8) is 0 Å². The molecule has 1 aromatic heterocycles. The molecule has 8 rings (SSSR count). The van der Waals surface area contributed by atoms with Gasteiger partial charge in [-0.1, -0.05) is 62.2 Å². The van der Waals surface area contributed by atoms with Crippen LogP contribution in [0.1, 0.15) is 114 Å². The molecule has 11 nitrogen and oxygen atoms in total. The van der Waals surface area contributed by atoms with Gasteiger partial charge in [0.05, 0.1) is 16.6 Å². The van der Waals surface area contributed by atoms with Crippen LogP contribution in [0.3, 0.4) is 0 Å². The van der Waals surface area contributed by atoms with Crippen LogP contribution in [0.25, 0.3) is 22.4 Å². The Morgan fingerprint density at radius 1 is 0.643 bits per heavy atom. The number of amides is 3. The van der Waals surface area contributed by atoms with Crippen LogP contribution in [0.2, 0.25) is 0 Å². The van der Waals surface area contributed by atoms with E-state index in [0.29, 0.717) is 17.8 Å². The number of aromatic amines is 1. The molecule has 13 heteroatoms. The van der Waals surface area contributed by atoms with Crippen LogP contribution in [0, 0.1) is 0 Å². The van der Waals surface area contributed by atoms with Gasteiger partial charge in [0, 0.05) is 44.3 Å². The molecule has 0 atom stereocenters. The highest BCUT2D eigenvalue weighted by molar-refractivity contribution is 9.10. The zero-order valence-electron chi connectivity index (χ0n) is 32.5. The summed E-state index contributed by atoms with van der Waals surface area (Å²) in [5, 5.41) is 22.1. The second-order valence-electron chi connectivity index (χ2n) is 15.3. The van der Waals surface area contributed by atoms with E-state index in [-0.39, 0.29) is 40.0 Å². The molecule has 3 aliphatic heterocycles. The van der Waals surface area contributed by atoms with Crippen molar-refractivity contribution >= 4 is 55.6 Å². The van der Waals surface area contributed by atoms with E-state index in [0.717, 1.165) is 60.0 Å². The molecule has 5 aromatic rings. The molecule has 3 amide bonds. The quantitative estimate of drug-likeness (QED) is 0.160. The van der Waals surface area contributed by atoms with Crippen LogP contribution in [0.4, 0.5) is 0 Å². The fourth-order valence-corrected chi connectivity index (χ4v) is 8.57. The van der Waals surface area contributed by atoms with Gasteiger partial charge in [0.15, 0.2) is 5.69 Å². The number of H-pyrrole nitrogens is 1. The zero-order valence-corrected chi connectivity index (χ0v) is 35.7. The molecule has 0 unspecified atom stereocenters. The lowest BCUT2D eigenvalue weighted by Gasteiger charge is -2.31. The molecule has 0 saturated heterocycles. The summed E-state index contributed by atoms with van der Waals surface area (Å²) in [6.45, 7) is 17.7. The molecule has 0 aliphatic carbocycles. The second kappa shape index (κ2) is 15.1. The summed E-state index contributed by atoms with van der Waals surface area (Å²) >= 11 is 6.85. The summed E-state index contributed by atoms with van der Waals surface area (Å²) in [5.41, 5.74) is 7.63. The van der Waals surface area contributed by atoms with Gasteiger partial charge in [0.1, 0.15) is 5.69 Å². The lowest BCUT2D eigenvalue weighted by atomic mass is 9.90. The molecule has 3 N–H and O–H groups in total. The normalized spacial score (nSPS) is 16.6. The van der Waals surface area contributed by atoms with Crippen molar-refractivity contribution in [2.24, 2.45) is 0 Å². The molecule has 4 heterocycles. The molecular formula is C43H44Br2N6O5. The standard InChI is InChI=1S/C21H20N4O3.C12H14BrNO.C10H10BrNO/c1-4-25-19(26)15-10-9-14(11-16(15)21(25,2)3)12-5-7-13(8-6-12)17-18(20(27)28)23-24-22-17;1-4-14-11(15)9-6-5-8(13)7-10(9)12(14,2)3;1-10(2)8-5-6(11)3-4-7(8)9(13)12-10/h5-11H,4H2,1-3H3,(H,27,28)(H,22,23,24);5-7H,4H2,1-3H3;3-5H,1-2H3,(H,12,13). The number of benzene rings is 4. The molecule has 0 bridgehead atoms. The van der Waals surface area contributed by atoms with E-state index in [1.165, 1.54) is 0 Å². The predicted molar refractivity (Wildman–Crippen MR) is 222 cm³/mol. The SMILES string of the molecule is CC1(C)NC(=O)c2ccc(Br)cc21.CCN1C(=O)c2ccc(-c3ccc(-c4n[nH]nc4C(=O)O)cc3)cc2C1(C)C.CCN1C(=O)c2ccc(Br)cc2C1(C)C. The largest absolute Gasteiger partial charge is 0.476 e. The first-order valence-electron chi connectivity index (χ1n) is 18.3. The van der Waals surface area contributed by atoms with Gasteiger partial charge in [0.25, 0.3) is 17.7 Å². The molecule has 56 heavy (non-hydrogen) atoms. The third-order valence-corrected chi connectivity index (χ3v) is 11.8. The van der Waals surface area contributed by atoms with Crippen molar-refractivity contribution in [3.8, 4) is 22.4 Å². The third kappa shape index (κ3) is 7.18. The number of halogens is 2. The molecule has 0 radical (unpaired) electrons. The highest BCUT2D eigenvalue weighted by atomic mass is 79.9. The number of aromatic carboxylic acids is 1. The molecule has 0 spiro atoms. The molecule has 290 valence electrons. The minimum absolute atomic E-state index is 0.0208. The first-order valence-corrected chi connectivity index (χ1v) is 19.9. The number of carboxylic acid groups (broad SMARTS) is 1. The number of fused-ring (bicyclic) bond motifs is 3. The Labute approximate surface area is 343 Å². The summed E-state index contributed by atoms with van der Waals surface area (Å²) in [4.78, 5) is 51.2. The zero-order chi connectivity index (χ0) is 40.9. The Hall–Kier alpha value is -5.14. The Kier molecular flexibility index (Phi) is 10.9. The van der Waals surface area contributed by atoms with Gasteiger partial charge in [-0.3, -0.25) is 14.4 Å². The first-order chi connectivity index (χ1) is 26.3. The van der Waals surface area contributed by atoms with Crippen molar-refractivity contribution in [2.75, 3.05) is 13.1 Å². The topological polar surface area (TPSA) is 149 Å². The number of hydrogen-bond acceptors (Lipinski definition) is 6. The Morgan fingerprint density at radius 3 is 1.64 bits per heavy atom. The Morgan fingerprint density at radius 2 is 1.11 bits per heavy atom. The molecule has 0 saturated carbocycles. The number of nitrogens with zero attached hydrogens (tertiary/aromatic N) is 4. The number of carbonyl (C=O) groups is 4. The van der Waals surface area contributed by atoms with E-state index in [1.54, 1.807) is 0 Å². The highest BCUT2D eigenvalue weighted by Gasteiger charge is 2.43. The average Bonchev–Trinajstić information content (AvgIpc) is 3.83. The number of aromatic nitrogens is 3. The van der Waals surface area contributed by atoms with Crippen molar-refractivity contribution in [1.82, 2.24) is 30.5 Å². The van der Waals surface area contributed by atoms with E-state index < -0.39 is 5.97 Å². The Bertz CT molecular complexity index is 2380. The van der Waals surface area contributed by atoms with Gasteiger partial charge in [-0.25, -0.2) is 4.79 Å². The van der Waals surface area contributed by atoms with Gasteiger partial charge in [-0.2, -0.15) is 10.3 Å². The summed E-state index contributed by atoms with van der Waals surface area (Å²) in [6.07, 6.45) is 0. The lowest BCUT2D eigenvalue weighted by Crippen LogP contribution is -2.38. The van der Waals surface area contributed by atoms with Crippen LogP contribution in [0.5, 0.6) is 0 Å². The maximum atomic E-state index is 12.6. The summed E-state index contributed by atoms with van der Waals surface area (Å²) in [7, 11) is 0. The van der Waals surface area contributed by atoms with E-state index in [2.05, 4.69) is 86.3 Å². The van der Waals surface area contributed by atoms with E-state index in [1.807, 2.05) is 110 Å². The minimum atomic E-state index is -1.13. The second-order valence-corrected chi connectivity index (χ2v) is 17.2. The van der Waals surface area contributed by atoms with Gasteiger partial charge < -0.3 is 20.2 Å². The van der Waals surface area contributed by atoms with Crippen LogP contribution in [-0.2, 0) is 16.6 Å². The van der Waals surface area contributed by atoms with Crippen LogP contribution in [0.15, 0.2) is 87.8 Å². The van der Waals surface area contributed by atoms with Crippen molar-refractivity contribution in [3.05, 3.63) is 127 Å². The van der Waals surface area contributed by atoms with Gasteiger partial charge in [0.2, 0.25) is 0 Å². The van der Waals surface area contributed by atoms with Gasteiger partial charge in [-0.05, 0) is 132 Å². The van der Waals surface area contributed by atoms with Crippen LogP contribution in [-0.4, -0.2) is 67.1 Å². The predicted octanol–water partition coefficient (Wildman–Crippen LogP) is 9.14. The maximum Gasteiger partial charge on any atom is 0.358 e. The van der Waals surface area contributed by atoms with E-state index in [4.69, 9.17) is 0 Å².